The molecule has 284 valence electrons. The quantitative estimate of drug-likeness (QED) is 0.268. The molecule has 6 rings (SSSR count). The van der Waals surface area contributed by atoms with Gasteiger partial charge in [-0.15, -0.1) is 0 Å². The SMILES string of the molecule is CC(C)(C)OC(=O)N1CCN(C(=O)N2CCN(C(=O)c3ccc(Nc4nccn5c(-c6ccc(OCC#N)c(F)c6F)cnc45)cc3Cl)CC2)C[C@@H]1CO. The monoisotopic (exact) mass is 765 g/mol. The van der Waals surface area contributed by atoms with Crippen molar-refractivity contribution >= 4 is 46.8 Å². The predicted molar refractivity (Wildman–Crippen MR) is 192 cm³/mol. The molecule has 0 radical (unpaired) electrons. The molecule has 0 bridgehead atoms. The van der Waals surface area contributed by atoms with Gasteiger partial charge in [0.15, 0.2) is 29.6 Å². The summed E-state index contributed by atoms with van der Waals surface area (Å²) in [5.41, 5.74) is 0.531. The summed E-state index contributed by atoms with van der Waals surface area (Å²) in [6.45, 7) is 6.32. The molecular formula is C36H38ClF2N9O6. The molecule has 4 heterocycles. The molecule has 2 N–H and O–H groups in total. The molecule has 4 amide bonds. The Balaban J connectivity index is 1.07. The number of hydrogen-bond acceptors (Lipinski definition) is 10. The molecule has 2 saturated heterocycles. The number of piperazine rings is 2. The third-order valence-corrected chi connectivity index (χ3v) is 9.25. The molecule has 1 atom stereocenters. The van der Waals surface area contributed by atoms with Crippen LogP contribution in [0.1, 0.15) is 31.1 Å². The van der Waals surface area contributed by atoms with Crippen molar-refractivity contribution in [1.29, 1.82) is 5.26 Å². The summed E-state index contributed by atoms with van der Waals surface area (Å²) in [6, 6.07) is 8.24. The highest BCUT2D eigenvalue weighted by Gasteiger charge is 2.37. The van der Waals surface area contributed by atoms with E-state index < -0.39 is 36.0 Å². The number of carbonyl (C=O) groups excluding carboxylic acids is 3. The number of aromatic nitrogens is 3. The molecule has 2 aliphatic rings. The molecule has 2 aromatic heterocycles. The summed E-state index contributed by atoms with van der Waals surface area (Å²) in [5, 5.41) is 21.9. The normalized spacial score (nSPS) is 16.3. The lowest BCUT2D eigenvalue weighted by Crippen LogP contribution is -2.62. The van der Waals surface area contributed by atoms with Gasteiger partial charge < -0.3 is 34.6 Å². The number of amides is 4. The number of hydrogen-bond donors (Lipinski definition) is 2. The summed E-state index contributed by atoms with van der Waals surface area (Å²) in [7, 11) is 0. The fraction of sp³-hybridized carbons (Fsp3) is 0.389. The van der Waals surface area contributed by atoms with Crippen LogP contribution in [0.15, 0.2) is 48.9 Å². The molecule has 4 aromatic rings. The van der Waals surface area contributed by atoms with Gasteiger partial charge in [0.25, 0.3) is 5.91 Å². The lowest BCUT2D eigenvalue weighted by atomic mass is 10.1. The molecular weight excluding hydrogens is 728 g/mol. The number of nitrogens with zero attached hydrogens (tertiary/aromatic N) is 8. The van der Waals surface area contributed by atoms with Crippen molar-refractivity contribution < 1.29 is 37.7 Å². The largest absolute Gasteiger partial charge is 0.476 e. The fourth-order valence-corrected chi connectivity index (χ4v) is 6.54. The standard InChI is InChI=1S/C36H38ClF2N9O6/c1-36(2,3)54-35(52)47-16-15-46(20-23(47)21-49)34(51)45-13-11-44(12-14-45)33(50)24-5-4-22(18-26(24)37)43-31-32-42-19-27(48(32)10-9-41-31)25-6-7-28(53-17-8-40)30(39)29(25)38/h4-7,9-10,18-19,23,49H,11-17,20-21H2,1-3H3,(H,41,43)/t23-/m1/s1. The maximum Gasteiger partial charge on any atom is 0.410 e. The number of aliphatic hydroxyl groups is 1. The van der Waals surface area contributed by atoms with Crippen molar-refractivity contribution in [3.63, 3.8) is 0 Å². The molecule has 54 heavy (non-hydrogen) atoms. The first-order valence-electron chi connectivity index (χ1n) is 17.1. The van der Waals surface area contributed by atoms with Crippen molar-refractivity contribution in [2.75, 3.05) is 64.3 Å². The van der Waals surface area contributed by atoms with Gasteiger partial charge in [-0.1, -0.05) is 11.6 Å². The highest BCUT2D eigenvalue weighted by molar-refractivity contribution is 6.34. The Morgan fingerprint density at radius 3 is 2.43 bits per heavy atom. The van der Waals surface area contributed by atoms with Gasteiger partial charge >= 0.3 is 12.1 Å². The van der Waals surface area contributed by atoms with E-state index in [9.17, 15) is 23.9 Å². The van der Waals surface area contributed by atoms with Gasteiger partial charge in [-0.25, -0.2) is 23.9 Å². The number of anilines is 2. The van der Waals surface area contributed by atoms with Crippen molar-refractivity contribution in [2.24, 2.45) is 0 Å². The first-order valence-corrected chi connectivity index (χ1v) is 17.5. The summed E-state index contributed by atoms with van der Waals surface area (Å²) in [5.74, 6) is -2.79. The minimum Gasteiger partial charge on any atom is -0.476 e. The third kappa shape index (κ3) is 7.94. The van der Waals surface area contributed by atoms with E-state index in [1.54, 1.807) is 65.9 Å². The van der Waals surface area contributed by atoms with Crippen molar-refractivity contribution in [2.45, 2.75) is 32.4 Å². The number of fused-ring (bicyclic) bond motifs is 1. The van der Waals surface area contributed by atoms with Crippen LogP contribution in [0.3, 0.4) is 0 Å². The summed E-state index contributed by atoms with van der Waals surface area (Å²) >= 11 is 6.60. The smallest absolute Gasteiger partial charge is 0.410 e. The second-order valence-electron chi connectivity index (χ2n) is 13.6. The van der Waals surface area contributed by atoms with E-state index in [0.29, 0.717) is 11.3 Å². The highest BCUT2D eigenvalue weighted by atomic mass is 35.5. The summed E-state index contributed by atoms with van der Waals surface area (Å²) in [6.07, 6.45) is 3.83. The van der Waals surface area contributed by atoms with Crippen LogP contribution in [-0.2, 0) is 4.74 Å². The van der Waals surface area contributed by atoms with Crippen LogP contribution < -0.4 is 10.1 Å². The van der Waals surface area contributed by atoms with Crippen LogP contribution >= 0.6 is 11.6 Å². The van der Waals surface area contributed by atoms with Crippen molar-refractivity contribution in [3.05, 3.63) is 71.1 Å². The number of nitrogens with one attached hydrogen (secondary N) is 1. The zero-order chi connectivity index (χ0) is 38.7. The molecule has 2 fully saturated rings. The van der Waals surface area contributed by atoms with Gasteiger partial charge in [0.1, 0.15) is 11.7 Å². The van der Waals surface area contributed by atoms with Crippen LogP contribution in [0.25, 0.3) is 16.9 Å². The third-order valence-electron chi connectivity index (χ3n) is 8.93. The van der Waals surface area contributed by atoms with E-state index in [1.807, 2.05) is 0 Å². The Bertz CT molecular complexity index is 2110. The van der Waals surface area contributed by atoms with Crippen molar-refractivity contribution in [1.82, 2.24) is 34.0 Å². The number of halogens is 3. The predicted octanol–water partition coefficient (Wildman–Crippen LogP) is 4.77. The van der Waals surface area contributed by atoms with Crippen LogP contribution in [0.4, 0.5) is 29.9 Å². The lowest BCUT2D eigenvalue weighted by Gasteiger charge is -2.43. The van der Waals surface area contributed by atoms with Gasteiger partial charge in [0.2, 0.25) is 5.82 Å². The zero-order valence-corrected chi connectivity index (χ0v) is 30.5. The maximum atomic E-state index is 15.0. The Morgan fingerprint density at radius 1 is 1.02 bits per heavy atom. The van der Waals surface area contributed by atoms with Gasteiger partial charge in [-0.05, 0) is 51.1 Å². The average Bonchev–Trinajstić information content (AvgIpc) is 3.59. The number of aliphatic hydroxyl groups excluding tert-OH is 1. The Labute approximate surface area is 314 Å². The average molecular weight is 766 g/mol. The minimum absolute atomic E-state index is 0.0777. The Hall–Kier alpha value is -5.73. The second kappa shape index (κ2) is 15.7. The maximum absolute atomic E-state index is 15.0. The van der Waals surface area contributed by atoms with Crippen LogP contribution in [0, 0.1) is 23.0 Å². The first-order chi connectivity index (χ1) is 25.8. The number of benzene rings is 2. The zero-order valence-electron chi connectivity index (χ0n) is 29.8. The van der Waals surface area contributed by atoms with Gasteiger partial charge in [-0.3, -0.25) is 14.1 Å². The van der Waals surface area contributed by atoms with E-state index in [1.165, 1.54) is 33.8 Å². The van der Waals surface area contributed by atoms with E-state index >= 15 is 4.39 Å². The number of ether oxygens (including phenoxy) is 2. The second-order valence-corrected chi connectivity index (χ2v) is 14.0. The van der Waals surface area contributed by atoms with Gasteiger partial charge in [0.05, 0.1) is 35.1 Å². The Morgan fingerprint density at radius 2 is 1.74 bits per heavy atom. The molecule has 0 unspecified atom stereocenters. The fourth-order valence-electron chi connectivity index (χ4n) is 6.28. The molecule has 18 heteroatoms. The number of urea groups is 1. The molecule has 2 aromatic carbocycles. The number of carbonyl (C=O) groups is 3. The topological polar surface area (TPSA) is 169 Å². The van der Waals surface area contributed by atoms with E-state index in [4.69, 9.17) is 26.3 Å². The minimum atomic E-state index is -1.23. The van der Waals surface area contributed by atoms with E-state index in [-0.39, 0.29) is 97.8 Å². The molecule has 0 aliphatic carbocycles. The lowest BCUT2D eigenvalue weighted by molar-refractivity contribution is -0.00912. The molecule has 0 saturated carbocycles. The van der Waals surface area contributed by atoms with E-state index in [2.05, 4.69) is 15.3 Å². The van der Waals surface area contributed by atoms with Crippen LogP contribution in [0.2, 0.25) is 5.02 Å². The van der Waals surface area contributed by atoms with Crippen LogP contribution in [-0.4, -0.2) is 128 Å². The molecule has 2 aliphatic heterocycles. The van der Waals surface area contributed by atoms with Crippen LogP contribution in [0.5, 0.6) is 5.75 Å². The van der Waals surface area contributed by atoms with Crippen molar-refractivity contribution in [3.8, 4) is 23.1 Å². The number of imidazole rings is 1. The number of nitriles is 1. The first kappa shape index (κ1) is 38.0. The van der Waals surface area contributed by atoms with Gasteiger partial charge in [0, 0.05) is 69.5 Å². The van der Waals surface area contributed by atoms with Gasteiger partial charge in [-0.2, -0.15) is 9.65 Å². The Kier molecular flexibility index (Phi) is 11.1. The highest BCUT2D eigenvalue weighted by Crippen LogP contribution is 2.32. The molecule has 15 nitrogen and oxygen atoms in total. The summed E-state index contributed by atoms with van der Waals surface area (Å²) < 4.78 is 41.6. The summed E-state index contributed by atoms with van der Waals surface area (Å²) in [4.78, 5) is 54.6. The number of rotatable bonds is 7. The molecule has 0 spiro atoms. The van der Waals surface area contributed by atoms with E-state index in [0.717, 1.165) is 0 Å².